The molecule has 0 saturated heterocycles. The van der Waals surface area contributed by atoms with Gasteiger partial charge in [0.15, 0.2) is 0 Å². The summed E-state index contributed by atoms with van der Waals surface area (Å²) in [5.41, 5.74) is 16.9. The van der Waals surface area contributed by atoms with Crippen LogP contribution in [0.15, 0.2) is 42.5 Å². The van der Waals surface area contributed by atoms with Gasteiger partial charge >= 0.3 is 0 Å². The van der Waals surface area contributed by atoms with Gasteiger partial charge in [0, 0.05) is 11.4 Å². The summed E-state index contributed by atoms with van der Waals surface area (Å²) in [7, 11) is 0. The maximum absolute atomic E-state index is 5.97. The largest absolute Gasteiger partial charge is 0.399 e. The molecule has 0 aromatic heterocycles. The summed E-state index contributed by atoms with van der Waals surface area (Å²) in [6.45, 7) is 2.12. The number of rotatable bonds is 2. The number of nitrogens with two attached hydrogens (primary N) is 2. The van der Waals surface area contributed by atoms with Crippen molar-refractivity contribution in [2.45, 2.75) is 13.3 Å². The normalized spacial score (nSPS) is 10.3. The second-order valence-corrected chi connectivity index (χ2v) is 3.85. The number of nitrogen functional groups attached to an aromatic ring is 2. The minimum atomic E-state index is 0.783. The Morgan fingerprint density at radius 3 is 2.25 bits per heavy atom. The topological polar surface area (TPSA) is 52.0 Å². The Kier molecular flexibility index (Phi) is 2.82. The quantitative estimate of drug-likeness (QED) is 0.751. The molecule has 0 amide bonds. The van der Waals surface area contributed by atoms with E-state index in [1.165, 1.54) is 16.7 Å². The van der Waals surface area contributed by atoms with Crippen molar-refractivity contribution in [1.29, 1.82) is 0 Å². The zero-order chi connectivity index (χ0) is 11.5. The van der Waals surface area contributed by atoms with Crippen LogP contribution < -0.4 is 11.5 Å². The van der Waals surface area contributed by atoms with Gasteiger partial charge in [0.2, 0.25) is 0 Å². The predicted molar refractivity (Wildman–Crippen MR) is 70.1 cm³/mol. The smallest absolute Gasteiger partial charge is 0.0352 e. The summed E-state index contributed by atoms with van der Waals surface area (Å²) < 4.78 is 0. The van der Waals surface area contributed by atoms with Crippen LogP contribution >= 0.6 is 0 Å². The van der Waals surface area contributed by atoms with Gasteiger partial charge in [0.25, 0.3) is 0 Å². The molecule has 0 aliphatic heterocycles. The molecule has 0 spiro atoms. The molecule has 0 saturated carbocycles. The second-order valence-electron chi connectivity index (χ2n) is 3.85. The Morgan fingerprint density at radius 1 is 0.938 bits per heavy atom. The molecule has 0 bridgehead atoms. The molecule has 2 aromatic carbocycles. The average Bonchev–Trinajstić information content (AvgIpc) is 2.30. The molecule has 0 aliphatic rings. The van der Waals surface area contributed by atoms with E-state index in [2.05, 4.69) is 13.0 Å². The zero-order valence-corrected chi connectivity index (χ0v) is 9.40. The first-order valence-electron chi connectivity index (χ1n) is 5.45. The van der Waals surface area contributed by atoms with Crippen LogP contribution in [0, 0.1) is 0 Å². The molecule has 4 N–H and O–H groups in total. The highest BCUT2D eigenvalue weighted by molar-refractivity contribution is 5.74. The number of anilines is 2. The van der Waals surface area contributed by atoms with Crippen molar-refractivity contribution in [2.75, 3.05) is 11.5 Å². The van der Waals surface area contributed by atoms with Crippen molar-refractivity contribution in [3.8, 4) is 11.1 Å². The minimum absolute atomic E-state index is 0.783. The monoisotopic (exact) mass is 212 g/mol. The van der Waals surface area contributed by atoms with Gasteiger partial charge in [-0.1, -0.05) is 31.2 Å². The van der Waals surface area contributed by atoms with Gasteiger partial charge in [-0.05, 0) is 41.3 Å². The van der Waals surface area contributed by atoms with Gasteiger partial charge in [-0.15, -0.1) is 0 Å². The van der Waals surface area contributed by atoms with Crippen molar-refractivity contribution >= 4 is 11.4 Å². The molecule has 0 atom stereocenters. The van der Waals surface area contributed by atoms with E-state index in [9.17, 15) is 0 Å². The molecule has 0 radical (unpaired) electrons. The summed E-state index contributed by atoms with van der Waals surface area (Å²) in [6.07, 6.45) is 0.937. The van der Waals surface area contributed by atoms with Crippen LogP contribution in [0.25, 0.3) is 11.1 Å². The molecular weight excluding hydrogens is 196 g/mol. The molecule has 2 heteroatoms. The third-order valence-electron chi connectivity index (χ3n) is 2.79. The van der Waals surface area contributed by atoms with E-state index < -0.39 is 0 Å². The Bertz CT molecular complexity index is 487. The van der Waals surface area contributed by atoms with Gasteiger partial charge in [-0.3, -0.25) is 0 Å². The highest BCUT2D eigenvalue weighted by atomic mass is 14.6. The lowest BCUT2D eigenvalue weighted by Crippen LogP contribution is -1.95. The van der Waals surface area contributed by atoms with E-state index in [4.69, 9.17) is 11.5 Å². The summed E-state index contributed by atoms with van der Waals surface area (Å²) in [6, 6.07) is 13.9. The predicted octanol–water partition coefficient (Wildman–Crippen LogP) is 3.08. The second kappa shape index (κ2) is 4.27. The van der Waals surface area contributed by atoms with Crippen LogP contribution in [0.2, 0.25) is 0 Å². The molecule has 16 heavy (non-hydrogen) atoms. The van der Waals surface area contributed by atoms with Gasteiger partial charge in [-0.2, -0.15) is 0 Å². The van der Waals surface area contributed by atoms with Crippen LogP contribution in [0.1, 0.15) is 12.5 Å². The fourth-order valence-corrected chi connectivity index (χ4v) is 1.93. The van der Waals surface area contributed by atoms with Crippen LogP contribution in [-0.2, 0) is 6.42 Å². The Balaban J connectivity index is 2.55. The molecule has 2 aromatic rings. The molecule has 2 rings (SSSR count). The first-order valence-corrected chi connectivity index (χ1v) is 5.45. The summed E-state index contributed by atoms with van der Waals surface area (Å²) in [5, 5.41) is 0. The van der Waals surface area contributed by atoms with E-state index in [0.717, 1.165) is 17.8 Å². The van der Waals surface area contributed by atoms with E-state index in [-0.39, 0.29) is 0 Å². The van der Waals surface area contributed by atoms with Crippen LogP contribution in [0.3, 0.4) is 0 Å². The van der Waals surface area contributed by atoms with Crippen LogP contribution in [0.5, 0.6) is 0 Å². The van der Waals surface area contributed by atoms with Gasteiger partial charge < -0.3 is 11.5 Å². The first kappa shape index (κ1) is 10.6. The summed E-state index contributed by atoms with van der Waals surface area (Å²) in [4.78, 5) is 0. The Morgan fingerprint density at radius 2 is 1.62 bits per heavy atom. The lowest BCUT2D eigenvalue weighted by molar-refractivity contribution is 1.15. The molecule has 0 aliphatic carbocycles. The van der Waals surface area contributed by atoms with Crippen LogP contribution in [-0.4, -0.2) is 0 Å². The standard InChI is InChI=1S/C14H16N2/c1-2-12-13(4-3-5-14(12)16)10-6-8-11(15)9-7-10/h3-9H,2,15-16H2,1H3. The van der Waals surface area contributed by atoms with Crippen molar-refractivity contribution in [2.24, 2.45) is 0 Å². The summed E-state index contributed by atoms with van der Waals surface area (Å²) in [5.74, 6) is 0. The first-order chi connectivity index (χ1) is 7.72. The third kappa shape index (κ3) is 1.87. The summed E-state index contributed by atoms with van der Waals surface area (Å²) >= 11 is 0. The molecule has 0 heterocycles. The van der Waals surface area contributed by atoms with Crippen molar-refractivity contribution in [3.63, 3.8) is 0 Å². The van der Waals surface area contributed by atoms with E-state index in [1.54, 1.807) is 0 Å². The average molecular weight is 212 g/mol. The molecule has 2 nitrogen and oxygen atoms in total. The van der Waals surface area contributed by atoms with Crippen LogP contribution in [0.4, 0.5) is 11.4 Å². The number of hydrogen-bond donors (Lipinski definition) is 2. The zero-order valence-electron chi connectivity index (χ0n) is 9.40. The maximum atomic E-state index is 5.97. The number of benzene rings is 2. The molecule has 0 fully saturated rings. The van der Waals surface area contributed by atoms with Gasteiger partial charge in [0.05, 0.1) is 0 Å². The third-order valence-corrected chi connectivity index (χ3v) is 2.79. The molecular formula is C14H16N2. The van der Waals surface area contributed by atoms with Gasteiger partial charge in [0.1, 0.15) is 0 Å². The Labute approximate surface area is 95.9 Å². The van der Waals surface area contributed by atoms with E-state index in [1.807, 2.05) is 36.4 Å². The minimum Gasteiger partial charge on any atom is -0.399 e. The fourth-order valence-electron chi connectivity index (χ4n) is 1.93. The lowest BCUT2D eigenvalue weighted by atomic mass is 9.96. The van der Waals surface area contributed by atoms with Crippen molar-refractivity contribution < 1.29 is 0 Å². The SMILES string of the molecule is CCc1c(N)cccc1-c1ccc(N)cc1. The fraction of sp³-hybridized carbons (Fsp3) is 0.143. The van der Waals surface area contributed by atoms with E-state index in [0.29, 0.717) is 0 Å². The maximum Gasteiger partial charge on any atom is 0.0352 e. The highest BCUT2D eigenvalue weighted by Crippen LogP contribution is 2.28. The number of hydrogen-bond acceptors (Lipinski definition) is 2. The molecule has 82 valence electrons. The lowest BCUT2D eigenvalue weighted by Gasteiger charge is -2.10. The van der Waals surface area contributed by atoms with Gasteiger partial charge in [-0.25, -0.2) is 0 Å². The van der Waals surface area contributed by atoms with Crippen molar-refractivity contribution in [3.05, 3.63) is 48.0 Å². The van der Waals surface area contributed by atoms with E-state index >= 15 is 0 Å². The highest BCUT2D eigenvalue weighted by Gasteiger charge is 2.05. The molecule has 0 unspecified atom stereocenters. The van der Waals surface area contributed by atoms with Crippen molar-refractivity contribution in [1.82, 2.24) is 0 Å². The Hall–Kier alpha value is -1.96.